The summed E-state index contributed by atoms with van der Waals surface area (Å²) in [6, 6.07) is 0. The first kappa shape index (κ1) is 112. The minimum absolute atomic E-state index is 0. The molecule has 36 unspecified atom stereocenters. The molecule has 36 atom stereocenters. The fraction of sp³-hybridized carbons (Fsp3) is 0.876. The summed E-state index contributed by atoms with van der Waals surface area (Å²) in [7, 11) is -2.08. The van der Waals surface area contributed by atoms with Gasteiger partial charge in [-0.15, -0.1) is 0 Å². The van der Waals surface area contributed by atoms with Crippen LogP contribution >= 0.6 is 11.1 Å². The Kier molecular flexibility index (Phi) is 33.3. The van der Waals surface area contributed by atoms with Gasteiger partial charge in [0.25, 0.3) is 0 Å². The molecular formula is C97H159Ac4ClO19Si2. The van der Waals surface area contributed by atoms with Gasteiger partial charge in [0.2, 0.25) is 0 Å². The van der Waals surface area contributed by atoms with Crippen LogP contribution in [0.1, 0.15) is 252 Å². The molecule has 8 saturated carbocycles. The van der Waals surface area contributed by atoms with Crippen LogP contribution in [0.25, 0.3) is 0 Å². The van der Waals surface area contributed by atoms with Crippen LogP contribution in [0.4, 0.5) is 0 Å². The maximum absolute atomic E-state index is 14.4. The van der Waals surface area contributed by atoms with Gasteiger partial charge in [-0.25, -0.2) is 0 Å². The number of hydrogen-bond acceptors (Lipinski definition) is 19. The van der Waals surface area contributed by atoms with Crippen molar-refractivity contribution in [3.63, 3.8) is 0 Å². The first-order valence-corrected chi connectivity index (χ1v) is 52.9. The molecule has 4 saturated heterocycles. The molecule has 4 radical (unpaired) electrons. The average molecular weight is 2630 g/mol. The van der Waals surface area contributed by atoms with Crippen molar-refractivity contribution in [1.29, 1.82) is 0 Å². The Balaban J connectivity index is 0.000000198. The Labute approximate surface area is 889 Å². The molecule has 12 fully saturated rings. The maximum atomic E-state index is 14.4. The number of carbonyl (C=O) groups excluding carboxylic acids is 4. The van der Waals surface area contributed by atoms with Gasteiger partial charge in [0.15, 0.2) is 14.8 Å². The van der Waals surface area contributed by atoms with Gasteiger partial charge in [0.05, 0.1) is 90.9 Å². The van der Waals surface area contributed by atoms with E-state index in [1.165, 1.54) is 22.3 Å². The second-order valence-corrected chi connectivity index (χ2v) is 53.3. The number of allylic oxidation sites excluding steroid dienone is 3. The number of Topliss-reactive ketones (excluding diaryl/α,β-unsaturated/α-hetero) is 4. The zero-order valence-corrected chi connectivity index (χ0v) is 103. The third-order valence-electron chi connectivity index (χ3n) is 39.3. The van der Waals surface area contributed by atoms with Crippen LogP contribution in [0, 0.1) is 320 Å². The van der Waals surface area contributed by atoms with E-state index in [0.717, 1.165) is 24.0 Å². The van der Waals surface area contributed by atoms with Crippen molar-refractivity contribution < 1.29 is 270 Å². The van der Waals surface area contributed by atoms with Crippen LogP contribution in [-0.4, -0.2) is 205 Å². The summed E-state index contributed by atoms with van der Waals surface area (Å²) < 4.78 is 30.0. The monoisotopic (exact) mass is 2630 g/mol. The van der Waals surface area contributed by atoms with Crippen LogP contribution in [0.2, 0.25) is 26.2 Å². The van der Waals surface area contributed by atoms with Crippen molar-refractivity contribution in [2.45, 2.75) is 366 Å². The Morgan fingerprint density at radius 1 is 0.358 bits per heavy atom. The third-order valence-corrected chi connectivity index (χ3v) is 40.2. The Morgan fingerprint density at radius 3 is 0.911 bits per heavy atom. The van der Waals surface area contributed by atoms with Crippen molar-refractivity contribution >= 4 is 51.4 Å². The Hall–Kier alpha value is 3.53. The van der Waals surface area contributed by atoms with Gasteiger partial charge in [-0.3, -0.25) is 19.2 Å². The van der Waals surface area contributed by atoms with E-state index < -0.39 is 142 Å². The summed E-state index contributed by atoms with van der Waals surface area (Å²) >= 11 is 5.41. The van der Waals surface area contributed by atoms with E-state index in [9.17, 15) is 70.2 Å². The number of ketones is 4. The van der Waals surface area contributed by atoms with Gasteiger partial charge < -0.3 is 74.4 Å². The molecule has 8 bridgehead atoms. The standard InChI is InChI=1S/C26H44O4Si.2C24H38O4.C21H32O7.C2H7ClSi.4Ac/c1-14-12-26(30-31(9)10)18(5)21-24(8,15(2)11-19-25(21,28)13-29-19)22(27)17(4)20(16(14)3)23(26,6)7;2*1-12-10-24(27)16(5)19-22(8,13(2)9-17-23(19,26)11-28-17)20(25)15(4)18(14(12)3)21(24,6)7;1-9-11(22)7-21(27)10(2)16-19(5,12(23)6-13-20(16,26)8-28-13)17(25)15(24)14(9)18(21,3)4;1-4(2)3;;;;/h14-15,17-19,21,28,31H,11-13H2,1-10H3;2*12-13,15-17,19,26-27H,9-11H2,1-8H3;10-13,15-16,22-24,26-27H,6-8H2,1-5H3;4H,1-2H3;;;;. The van der Waals surface area contributed by atoms with Gasteiger partial charge in [0, 0.05) is 268 Å². The van der Waals surface area contributed by atoms with E-state index in [1.807, 2.05) is 13.8 Å². The molecule has 0 aromatic carbocycles. The van der Waals surface area contributed by atoms with E-state index in [4.69, 9.17) is 34.5 Å². The van der Waals surface area contributed by atoms with Crippen molar-refractivity contribution in [3.05, 3.63) is 44.6 Å². The molecular weight excluding hydrogens is 2470 g/mol. The predicted molar refractivity (Wildman–Crippen MR) is 467 cm³/mol. The summed E-state index contributed by atoms with van der Waals surface area (Å²) in [4.78, 5) is 56.2. The number of fused-ring (bicyclic) bond motifs is 20. The minimum Gasteiger partial charge on any atom is -0.414 e. The zero-order chi connectivity index (χ0) is 90.0. The largest absolute Gasteiger partial charge is 0.414 e. The minimum atomic E-state index is -1.58. The summed E-state index contributed by atoms with van der Waals surface area (Å²) in [5.74, 6) is -1.97. The van der Waals surface area contributed by atoms with Crippen LogP contribution in [0.5, 0.6) is 0 Å². The van der Waals surface area contributed by atoms with Crippen LogP contribution in [-0.2, 0) is 42.6 Å². The van der Waals surface area contributed by atoms with E-state index in [2.05, 4.69) is 179 Å². The molecule has 0 aromatic rings. The third kappa shape index (κ3) is 15.4. The summed E-state index contributed by atoms with van der Waals surface area (Å²) in [5, 5.41) is 116. The van der Waals surface area contributed by atoms with Crippen molar-refractivity contribution in [3.8, 4) is 0 Å². The molecule has 688 valence electrons. The van der Waals surface area contributed by atoms with Crippen molar-refractivity contribution in [1.82, 2.24) is 0 Å². The van der Waals surface area contributed by atoms with E-state index in [-0.39, 0.29) is 327 Å². The number of aliphatic hydroxyl groups is 10. The van der Waals surface area contributed by atoms with E-state index in [1.54, 1.807) is 34.6 Å². The second kappa shape index (κ2) is 36.6. The van der Waals surface area contributed by atoms with Crippen molar-refractivity contribution in [2.75, 3.05) is 26.4 Å². The van der Waals surface area contributed by atoms with Gasteiger partial charge in [-0.05, 0) is 157 Å². The summed E-state index contributed by atoms with van der Waals surface area (Å²) in [5.41, 5.74) is -5.71. The van der Waals surface area contributed by atoms with Crippen LogP contribution in [0.15, 0.2) is 44.6 Å². The SMILES string of the molecule is CC1=C2C(C)C(=O)C3(C)C(C)CC4OCC4(O)C3C(C)C(O)(CC1C)C2(C)C.CC1=C2C(C)C(=O)C3(C)C(C)CC4OCC4(O)C3C(C)C(O)(CC1C)C2(C)C.CC1=C2C(C)C(=O)C3(C)C(C)CC4OCC4(O)C3C(C)C(O[SiH](C)C)(CC1C)C2(C)C.CC1=C2C(O)C(=O)C3(C)C(O)CC4OCC4(O)C3C(C)C(O)(CC1O)C2(C)C.C[SiH](C)Cl.[Ac].[Ac].[Ac].[Ac]. The topological polar surface area (TPSA) is 317 Å². The molecule has 123 heavy (non-hydrogen) atoms. The molecule has 19 nitrogen and oxygen atoms in total. The first-order valence-electron chi connectivity index (χ1n) is 46.0. The number of rotatable bonds is 2. The number of carbonyl (C=O) groups is 4. The number of aliphatic hydroxyl groups excluding tert-OH is 3. The fourth-order valence-electron chi connectivity index (χ4n) is 31.9. The average Bonchev–Trinajstić information content (AvgIpc) is 0.688. The van der Waals surface area contributed by atoms with E-state index in [0.29, 0.717) is 55.1 Å². The molecule has 0 aromatic heterocycles. The van der Waals surface area contributed by atoms with Gasteiger partial charge >= 0.3 is 0 Å². The molecule has 0 amide bonds. The predicted octanol–water partition coefficient (Wildman–Crippen LogP) is 13.4. The van der Waals surface area contributed by atoms with Crippen LogP contribution in [0.3, 0.4) is 0 Å². The fourth-order valence-corrected chi connectivity index (χ4v) is 33.3. The quantitative estimate of drug-likeness (QED) is 0.0698. The Bertz CT molecular complexity index is 3910. The molecule has 16 aliphatic rings. The van der Waals surface area contributed by atoms with E-state index >= 15 is 0 Å². The van der Waals surface area contributed by atoms with Crippen LogP contribution < -0.4 is 0 Å². The zero-order valence-electron chi connectivity index (χ0n) is 81.3. The molecule has 26 heteroatoms. The molecule has 12 aliphatic carbocycles. The summed E-state index contributed by atoms with van der Waals surface area (Å²) in [6.45, 7) is 69.6. The Morgan fingerprint density at radius 2 is 0.618 bits per heavy atom. The summed E-state index contributed by atoms with van der Waals surface area (Å²) in [6.07, 6.45) is -0.386. The van der Waals surface area contributed by atoms with Gasteiger partial charge in [-0.1, -0.05) is 213 Å². The molecule has 0 spiro atoms. The smallest absolute Gasteiger partial charge is 0.174 e. The molecule has 16 rings (SSSR count). The number of hydrogen-bond donors (Lipinski definition) is 10. The first-order chi connectivity index (χ1) is 54.1. The normalized spacial score (nSPS) is 51.2. The molecule has 4 aliphatic heterocycles. The maximum Gasteiger partial charge on any atom is 0.174 e. The van der Waals surface area contributed by atoms with Crippen molar-refractivity contribution in [2.24, 2.45) is 144 Å². The van der Waals surface area contributed by atoms with Gasteiger partial charge in [-0.2, -0.15) is 11.1 Å². The molecule has 10 N–H and O–H groups in total. The molecule has 4 heterocycles. The second-order valence-electron chi connectivity index (χ2n) is 46.3. The number of halogens is 1. The van der Waals surface area contributed by atoms with Gasteiger partial charge in [0.1, 0.15) is 54.0 Å². The number of ether oxygens (including phenoxy) is 4.